The van der Waals surface area contributed by atoms with Gasteiger partial charge in [0.25, 0.3) is 0 Å². The minimum Gasteiger partial charge on any atom is -0.381 e. The molecule has 0 rings (SSSR count). The average molecular weight is 188 g/mol. The van der Waals surface area contributed by atoms with Gasteiger partial charge in [0.1, 0.15) is 0 Å². The summed E-state index contributed by atoms with van der Waals surface area (Å²) in [7, 11) is 0. The van der Waals surface area contributed by atoms with Crippen LogP contribution in [0.3, 0.4) is 0 Å². The van der Waals surface area contributed by atoms with E-state index in [1.807, 2.05) is 0 Å². The fourth-order valence-electron chi connectivity index (χ4n) is 0.901. The molecular weight excluding hydrogens is 164 g/mol. The molecule has 80 valence electrons. The average Bonchev–Trinajstić information content (AvgIpc) is 2.01. The first kappa shape index (κ1) is 12.9. The van der Waals surface area contributed by atoms with Gasteiger partial charge in [0, 0.05) is 26.4 Å². The van der Waals surface area contributed by atoms with E-state index < -0.39 is 0 Å². The normalized spacial score (nSPS) is 11.5. The van der Waals surface area contributed by atoms with Crippen molar-refractivity contribution in [2.45, 2.75) is 34.1 Å². The fourth-order valence-corrected chi connectivity index (χ4v) is 0.901. The molecule has 0 aromatic rings. The van der Waals surface area contributed by atoms with E-state index >= 15 is 0 Å². The maximum Gasteiger partial charge on any atom is 0.0489 e. The molecule has 13 heavy (non-hydrogen) atoms. The Morgan fingerprint density at radius 3 is 1.46 bits per heavy atom. The van der Waals surface area contributed by atoms with Gasteiger partial charge in [-0.1, -0.05) is 27.7 Å². The molecule has 2 heteroatoms. The Hall–Kier alpha value is -0.0800. The van der Waals surface area contributed by atoms with Crippen molar-refractivity contribution in [1.82, 2.24) is 0 Å². The highest BCUT2D eigenvalue weighted by molar-refractivity contribution is 4.42. The van der Waals surface area contributed by atoms with E-state index in [9.17, 15) is 0 Å². The second-order valence-corrected chi connectivity index (χ2v) is 4.29. The predicted octanol–water partition coefficient (Wildman–Crippen LogP) is 2.72. The molecule has 0 atom stereocenters. The summed E-state index contributed by atoms with van der Waals surface area (Å²) in [6.45, 7) is 12.0. The van der Waals surface area contributed by atoms with Crippen molar-refractivity contribution in [2.75, 3.05) is 26.4 Å². The van der Waals surface area contributed by atoms with E-state index in [1.54, 1.807) is 0 Å². The van der Waals surface area contributed by atoms with Crippen LogP contribution in [0.5, 0.6) is 0 Å². The molecular formula is C11H24O2. The predicted molar refractivity (Wildman–Crippen MR) is 55.9 cm³/mol. The zero-order chi connectivity index (χ0) is 10.1. The first-order valence-corrected chi connectivity index (χ1v) is 5.28. The lowest BCUT2D eigenvalue weighted by atomic mass is 10.2. The molecule has 0 fully saturated rings. The molecule has 0 aromatic carbocycles. The monoisotopic (exact) mass is 188 g/mol. The smallest absolute Gasteiger partial charge is 0.0489 e. The zero-order valence-electron chi connectivity index (χ0n) is 9.51. The van der Waals surface area contributed by atoms with Crippen LogP contribution in [0, 0.1) is 11.8 Å². The standard InChI is InChI=1S/C11H24O2/c1-10(2)8-12-6-5-7-13-9-11(3)4/h10-11H,5-9H2,1-4H3. The van der Waals surface area contributed by atoms with Crippen molar-refractivity contribution in [2.24, 2.45) is 11.8 Å². The third kappa shape index (κ3) is 11.9. The van der Waals surface area contributed by atoms with Gasteiger partial charge in [-0.25, -0.2) is 0 Å². The van der Waals surface area contributed by atoms with Crippen molar-refractivity contribution in [1.29, 1.82) is 0 Å². The lowest BCUT2D eigenvalue weighted by Gasteiger charge is -2.08. The lowest BCUT2D eigenvalue weighted by Crippen LogP contribution is -2.08. The highest BCUT2D eigenvalue weighted by Gasteiger charge is 1.95. The van der Waals surface area contributed by atoms with Gasteiger partial charge in [0.15, 0.2) is 0 Å². The largest absolute Gasteiger partial charge is 0.381 e. The highest BCUT2D eigenvalue weighted by atomic mass is 16.5. The zero-order valence-corrected chi connectivity index (χ0v) is 9.51. The summed E-state index contributed by atoms with van der Waals surface area (Å²) in [6, 6.07) is 0. The van der Waals surface area contributed by atoms with Gasteiger partial charge >= 0.3 is 0 Å². The van der Waals surface area contributed by atoms with Gasteiger partial charge in [-0.2, -0.15) is 0 Å². The molecule has 0 N–H and O–H groups in total. The lowest BCUT2D eigenvalue weighted by molar-refractivity contribution is 0.0628. The summed E-state index contributed by atoms with van der Waals surface area (Å²) in [5.74, 6) is 1.27. The highest BCUT2D eigenvalue weighted by Crippen LogP contribution is 1.95. The van der Waals surface area contributed by atoms with Gasteiger partial charge in [-0.3, -0.25) is 0 Å². The van der Waals surface area contributed by atoms with Crippen LogP contribution in [0.15, 0.2) is 0 Å². The van der Waals surface area contributed by atoms with Gasteiger partial charge in [-0.15, -0.1) is 0 Å². The fraction of sp³-hybridized carbons (Fsp3) is 1.00. The van der Waals surface area contributed by atoms with Crippen LogP contribution in [-0.2, 0) is 9.47 Å². The molecule has 0 saturated carbocycles. The Labute approximate surface area is 82.6 Å². The molecule has 0 aliphatic rings. The van der Waals surface area contributed by atoms with Crippen LogP contribution in [0.1, 0.15) is 34.1 Å². The third-order valence-corrected chi connectivity index (χ3v) is 1.48. The minimum absolute atomic E-state index is 0.636. The molecule has 0 bridgehead atoms. The molecule has 0 spiro atoms. The molecule has 0 amide bonds. The van der Waals surface area contributed by atoms with Crippen molar-refractivity contribution >= 4 is 0 Å². The van der Waals surface area contributed by atoms with E-state index in [0.29, 0.717) is 11.8 Å². The molecule has 0 heterocycles. The van der Waals surface area contributed by atoms with Crippen LogP contribution in [0.25, 0.3) is 0 Å². The molecule has 0 aliphatic carbocycles. The minimum atomic E-state index is 0.636. The van der Waals surface area contributed by atoms with Gasteiger partial charge in [0.05, 0.1) is 0 Å². The van der Waals surface area contributed by atoms with E-state index in [0.717, 1.165) is 32.8 Å². The summed E-state index contributed by atoms with van der Waals surface area (Å²) in [4.78, 5) is 0. The summed E-state index contributed by atoms with van der Waals surface area (Å²) in [5.41, 5.74) is 0. The number of ether oxygens (including phenoxy) is 2. The topological polar surface area (TPSA) is 18.5 Å². The second kappa shape index (κ2) is 8.52. The summed E-state index contributed by atoms with van der Waals surface area (Å²) < 4.78 is 10.8. The maximum atomic E-state index is 5.42. The number of hydrogen-bond acceptors (Lipinski definition) is 2. The molecule has 0 aromatic heterocycles. The van der Waals surface area contributed by atoms with E-state index in [1.165, 1.54) is 0 Å². The second-order valence-electron chi connectivity index (χ2n) is 4.29. The van der Waals surface area contributed by atoms with E-state index in [4.69, 9.17) is 9.47 Å². The molecule has 2 nitrogen and oxygen atoms in total. The Kier molecular flexibility index (Phi) is 8.46. The Morgan fingerprint density at radius 1 is 0.769 bits per heavy atom. The van der Waals surface area contributed by atoms with Gasteiger partial charge in [-0.05, 0) is 18.3 Å². The quantitative estimate of drug-likeness (QED) is 0.545. The first-order chi connectivity index (χ1) is 6.13. The van der Waals surface area contributed by atoms with Crippen molar-refractivity contribution in [3.63, 3.8) is 0 Å². The summed E-state index contributed by atoms with van der Waals surface area (Å²) in [5, 5.41) is 0. The number of hydrogen-bond donors (Lipinski definition) is 0. The summed E-state index contributed by atoms with van der Waals surface area (Å²) >= 11 is 0. The van der Waals surface area contributed by atoms with Crippen LogP contribution < -0.4 is 0 Å². The Morgan fingerprint density at radius 2 is 1.15 bits per heavy atom. The summed E-state index contributed by atoms with van der Waals surface area (Å²) in [6.07, 6.45) is 1.01. The molecule has 0 radical (unpaired) electrons. The molecule has 0 saturated heterocycles. The Bertz CT molecular complexity index is 88.3. The molecule has 0 unspecified atom stereocenters. The first-order valence-electron chi connectivity index (χ1n) is 5.28. The van der Waals surface area contributed by atoms with E-state index in [-0.39, 0.29) is 0 Å². The maximum absolute atomic E-state index is 5.42. The van der Waals surface area contributed by atoms with Crippen LogP contribution in [-0.4, -0.2) is 26.4 Å². The number of rotatable bonds is 8. The van der Waals surface area contributed by atoms with Crippen molar-refractivity contribution in [3.8, 4) is 0 Å². The Balaban J connectivity index is 2.92. The van der Waals surface area contributed by atoms with Crippen molar-refractivity contribution < 1.29 is 9.47 Å². The van der Waals surface area contributed by atoms with Gasteiger partial charge < -0.3 is 9.47 Å². The van der Waals surface area contributed by atoms with Crippen LogP contribution in [0.4, 0.5) is 0 Å². The van der Waals surface area contributed by atoms with Crippen LogP contribution >= 0.6 is 0 Å². The van der Waals surface area contributed by atoms with Crippen molar-refractivity contribution in [3.05, 3.63) is 0 Å². The SMILES string of the molecule is CC(C)COCCCOCC(C)C. The van der Waals surface area contributed by atoms with Gasteiger partial charge in [0.2, 0.25) is 0 Å². The third-order valence-electron chi connectivity index (χ3n) is 1.48. The van der Waals surface area contributed by atoms with Crippen LogP contribution in [0.2, 0.25) is 0 Å². The molecule has 0 aliphatic heterocycles. The van der Waals surface area contributed by atoms with E-state index in [2.05, 4.69) is 27.7 Å².